The Morgan fingerprint density at radius 3 is 1.88 bits per heavy atom. The molecule has 0 aromatic heterocycles. The van der Waals surface area contributed by atoms with Gasteiger partial charge in [0.2, 0.25) is 0 Å². The third kappa shape index (κ3) is 2.67. The molecule has 0 radical (unpaired) electrons. The molecule has 0 atom stereocenters. The van der Waals surface area contributed by atoms with E-state index in [2.05, 4.69) is 47.8 Å². The van der Waals surface area contributed by atoms with Gasteiger partial charge < -0.3 is 4.74 Å². The number of halogens is 3. The SMILES string of the molecule is Brc1ccccc1Oc1c(Br)cccc1Br. The molecule has 16 heavy (non-hydrogen) atoms. The van der Waals surface area contributed by atoms with Gasteiger partial charge in [-0.3, -0.25) is 0 Å². The minimum atomic E-state index is 0.773. The molecule has 1 nitrogen and oxygen atoms in total. The van der Waals surface area contributed by atoms with Crippen LogP contribution in [0, 0.1) is 0 Å². The Hall–Kier alpha value is -0.320. The zero-order valence-corrected chi connectivity index (χ0v) is 12.8. The van der Waals surface area contributed by atoms with E-state index in [0.717, 1.165) is 24.9 Å². The number of hydrogen-bond donors (Lipinski definition) is 0. The van der Waals surface area contributed by atoms with Gasteiger partial charge in [0, 0.05) is 0 Å². The molecule has 82 valence electrons. The van der Waals surface area contributed by atoms with Crippen molar-refractivity contribution in [2.75, 3.05) is 0 Å². The smallest absolute Gasteiger partial charge is 0.155 e. The Morgan fingerprint density at radius 1 is 0.688 bits per heavy atom. The van der Waals surface area contributed by atoms with Gasteiger partial charge >= 0.3 is 0 Å². The number of hydrogen-bond acceptors (Lipinski definition) is 1. The molecule has 0 heterocycles. The summed E-state index contributed by atoms with van der Waals surface area (Å²) < 4.78 is 8.59. The molecular weight excluding hydrogens is 400 g/mol. The first kappa shape index (κ1) is 12.1. The standard InChI is InChI=1S/C12H7Br3O/c13-8-4-1-2-7-11(8)16-12-9(14)5-3-6-10(12)15/h1-7H. The van der Waals surface area contributed by atoms with Crippen LogP contribution in [-0.4, -0.2) is 0 Å². The van der Waals surface area contributed by atoms with Crippen molar-refractivity contribution in [2.24, 2.45) is 0 Å². The Morgan fingerprint density at radius 2 is 1.25 bits per heavy atom. The summed E-state index contributed by atoms with van der Waals surface area (Å²) in [5.74, 6) is 1.56. The molecule has 0 unspecified atom stereocenters. The van der Waals surface area contributed by atoms with Crippen LogP contribution in [0.15, 0.2) is 55.9 Å². The van der Waals surface area contributed by atoms with E-state index in [4.69, 9.17) is 4.74 Å². The molecule has 4 heteroatoms. The highest BCUT2D eigenvalue weighted by molar-refractivity contribution is 9.11. The van der Waals surface area contributed by atoms with Gasteiger partial charge in [-0.2, -0.15) is 0 Å². The van der Waals surface area contributed by atoms with Crippen LogP contribution in [0.3, 0.4) is 0 Å². The van der Waals surface area contributed by atoms with Crippen molar-refractivity contribution >= 4 is 47.8 Å². The summed E-state index contributed by atoms with van der Waals surface area (Å²) >= 11 is 10.4. The maximum absolute atomic E-state index is 5.83. The Labute approximate surface area is 119 Å². The molecule has 0 saturated carbocycles. The van der Waals surface area contributed by atoms with Gasteiger partial charge in [0.05, 0.1) is 13.4 Å². The molecule has 0 aliphatic carbocycles. The predicted molar refractivity (Wildman–Crippen MR) is 76.1 cm³/mol. The molecule has 2 aromatic carbocycles. The summed E-state index contributed by atoms with van der Waals surface area (Å²) in [6.07, 6.45) is 0. The minimum absolute atomic E-state index is 0.773. The lowest BCUT2D eigenvalue weighted by Gasteiger charge is -2.10. The number of ether oxygens (including phenoxy) is 1. The maximum atomic E-state index is 5.83. The van der Waals surface area contributed by atoms with Gasteiger partial charge in [0.15, 0.2) is 5.75 Å². The van der Waals surface area contributed by atoms with Crippen molar-refractivity contribution in [2.45, 2.75) is 0 Å². The third-order valence-corrected chi connectivity index (χ3v) is 3.87. The van der Waals surface area contributed by atoms with Crippen molar-refractivity contribution < 1.29 is 4.74 Å². The van der Waals surface area contributed by atoms with E-state index >= 15 is 0 Å². The quantitative estimate of drug-likeness (QED) is 0.615. The fraction of sp³-hybridized carbons (Fsp3) is 0. The average Bonchev–Trinajstić information content (AvgIpc) is 2.26. The first-order chi connectivity index (χ1) is 7.68. The van der Waals surface area contributed by atoms with E-state index in [-0.39, 0.29) is 0 Å². The molecular formula is C12H7Br3O. The van der Waals surface area contributed by atoms with E-state index in [1.165, 1.54) is 0 Å². The van der Waals surface area contributed by atoms with Crippen LogP contribution in [-0.2, 0) is 0 Å². The summed E-state index contributed by atoms with van der Waals surface area (Å²) in [5, 5.41) is 0. The summed E-state index contributed by atoms with van der Waals surface area (Å²) in [6, 6.07) is 13.6. The highest BCUT2D eigenvalue weighted by atomic mass is 79.9. The molecule has 0 aliphatic heterocycles. The lowest BCUT2D eigenvalue weighted by molar-refractivity contribution is 0.473. The summed E-state index contributed by atoms with van der Waals surface area (Å²) in [6.45, 7) is 0. The zero-order valence-electron chi connectivity index (χ0n) is 8.08. The number of benzene rings is 2. The van der Waals surface area contributed by atoms with E-state index in [1.807, 2.05) is 42.5 Å². The summed E-state index contributed by atoms with van der Waals surface area (Å²) in [7, 11) is 0. The fourth-order valence-electron chi connectivity index (χ4n) is 1.22. The minimum Gasteiger partial charge on any atom is -0.454 e. The largest absolute Gasteiger partial charge is 0.454 e. The van der Waals surface area contributed by atoms with Crippen LogP contribution in [0.1, 0.15) is 0 Å². The van der Waals surface area contributed by atoms with Crippen molar-refractivity contribution in [3.63, 3.8) is 0 Å². The first-order valence-electron chi connectivity index (χ1n) is 4.55. The Kier molecular flexibility index (Phi) is 4.05. The van der Waals surface area contributed by atoms with Crippen LogP contribution in [0.25, 0.3) is 0 Å². The highest BCUT2D eigenvalue weighted by Crippen LogP contribution is 2.38. The molecule has 0 bridgehead atoms. The second kappa shape index (κ2) is 5.34. The van der Waals surface area contributed by atoms with Gasteiger partial charge in [-0.25, -0.2) is 0 Å². The summed E-state index contributed by atoms with van der Waals surface area (Å²) in [4.78, 5) is 0. The molecule has 0 spiro atoms. The third-order valence-electron chi connectivity index (χ3n) is 1.97. The molecule has 0 fully saturated rings. The maximum Gasteiger partial charge on any atom is 0.155 e. The molecule has 2 rings (SSSR count). The van der Waals surface area contributed by atoms with Gasteiger partial charge in [-0.15, -0.1) is 0 Å². The van der Waals surface area contributed by atoms with Gasteiger partial charge in [0.1, 0.15) is 5.75 Å². The van der Waals surface area contributed by atoms with Crippen molar-refractivity contribution in [1.82, 2.24) is 0 Å². The summed E-state index contributed by atoms with van der Waals surface area (Å²) in [5.41, 5.74) is 0. The second-order valence-corrected chi connectivity index (χ2v) is 5.65. The molecule has 0 N–H and O–H groups in total. The zero-order chi connectivity index (χ0) is 11.5. The van der Waals surface area contributed by atoms with Crippen LogP contribution in [0.4, 0.5) is 0 Å². The molecule has 2 aromatic rings. The average molecular weight is 407 g/mol. The van der Waals surface area contributed by atoms with E-state index in [1.54, 1.807) is 0 Å². The van der Waals surface area contributed by atoms with Crippen molar-refractivity contribution in [3.05, 3.63) is 55.9 Å². The van der Waals surface area contributed by atoms with E-state index in [0.29, 0.717) is 0 Å². The fourth-order valence-corrected chi connectivity index (χ4v) is 2.74. The van der Waals surface area contributed by atoms with E-state index < -0.39 is 0 Å². The van der Waals surface area contributed by atoms with Gasteiger partial charge in [0.25, 0.3) is 0 Å². The highest BCUT2D eigenvalue weighted by Gasteiger charge is 2.08. The lowest BCUT2D eigenvalue weighted by atomic mass is 10.3. The Balaban J connectivity index is 2.38. The predicted octanol–water partition coefficient (Wildman–Crippen LogP) is 5.77. The van der Waals surface area contributed by atoms with Crippen molar-refractivity contribution in [1.29, 1.82) is 0 Å². The van der Waals surface area contributed by atoms with Crippen LogP contribution >= 0.6 is 47.8 Å². The Bertz CT molecular complexity index is 491. The van der Waals surface area contributed by atoms with Crippen LogP contribution in [0.5, 0.6) is 11.5 Å². The normalized spacial score (nSPS) is 10.2. The van der Waals surface area contributed by atoms with Crippen molar-refractivity contribution in [3.8, 4) is 11.5 Å². The molecule has 0 aliphatic rings. The number of para-hydroxylation sites is 2. The number of rotatable bonds is 2. The van der Waals surface area contributed by atoms with Crippen LogP contribution < -0.4 is 4.74 Å². The molecule has 0 amide bonds. The monoisotopic (exact) mass is 404 g/mol. The van der Waals surface area contributed by atoms with Crippen LogP contribution in [0.2, 0.25) is 0 Å². The van der Waals surface area contributed by atoms with Gasteiger partial charge in [-0.05, 0) is 72.1 Å². The topological polar surface area (TPSA) is 9.23 Å². The van der Waals surface area contributed by atoms with Gasteiger partial charge in [-0.1, -0.05) is 18.2 Å². The molecule has 0 saturated heterocycles. The van der Waals surface area contributed by atoms with E-state index in [9.17, 15) is 0 Å². The first-order valence-corrected chi connectivity index (χ1v) is 6.93. The second-order valence-electron chi connectivity index (χ2n) is 3.08. The lowest BCUT2D eigenvalue weighted by Crippen LogP contribution is -1.87.